The Morgan fingerprint density at radius 2 is 2.20 bits per heavy atom. The number of hydrogen-bond donors (Lipinski definition) is 0. The summed E-state index contributed by atoms with van der Waals surface area (Å²) in [5.74, 6) is -0.464. The number of ether oxygens (including phenoxy) is 1. The van der Waals surface area contributed by atoms with Crippen molar-refractivity contribution in [1.82, 2.24) is 18.9 Å². The molecule has 1 fully saturated rings. The van der Waals surface area contributed by atoms with E-state index in [1.807, 2.05) is 20.0 Å². The molecule has 0 aliphatic carbocycles. The smallest absolute Gasteiger partial charge is 0.333 e. The third-order valence-corrected chi connectivity index (χ3v) is 5.36. The van der Waals surface area contributed by atoms with E-state index in [2.05, 4.69) is 16.6 Å². The van der Waals surface area contributed by atoms with Gasteiger partial charge in [0.2, 0.25) is 0 Å². The first kappa shape index (κ1) is 20.2. The van der Waals surface area contributed by atoms with Crippen LogP contribution in [-0.4, -0.2) is 44.7 Å². The molecule has 1 atom stereocenters. The topological polar surface area (TPSA) is 57.2 Å². The van der Waals surface area contributed by atoms with Gasteiger partial charge in [0.25, 0.3) is 0 Å². The minimum Gasteiger partial charge on any atom is -0.375 e. The third-order valence-electron chi connectivity index (χ3n) is 5.36. The summed E-state index contributed by atoms with van der Waals surface area (Å²) < 4.78 is 25.5. The molecule has 30 heavy (non-hydrogen) atoms. The summed E-state index contributed by atoms with van der Waals surface area (Å²) in [6.07, 6.45) is 8.48. The maximum Gasteiger partial charge on any atom is 0.333 e. The van der Waals surface area contributed by atoms with Gasteiger partial charge in [-0.05, 0) is 26.0 Å². The molecule has 8 heteroatoms. The van der Waals surface area contributed by atoms with Crippen molar-refractivity contribution >= 4 is 11.8 Å². The molecule has 4 rings (SSSR count). The maximum atomic E-state index is 15.2. The molecule has 1 aromatic carbocycles. The Bertz CT molecular complexity index is 1110. The average molecular weight is 411 g/mol. The maximum absolute atomic E-state index is 15.2. The lowest BCUT2D eigenvalue weighted by Crippen LogP contribution is -2.41. The number of nitrogens with zero attached hydrogens (tertiary/aromatic N) is 5. The molecule has 0 amide bonds. The van der Waals surface area contributed by atoms with E-state index in [1.54, 1.807) is 40.0 Å². The van der Waals surface area contributed by atoms with Crippen molar-refractivity contribution in [3.05, 3.63) is 70.9 Å². The molecule has 1 aliphatic heterocycles. The summed E-state index contributed by atoms with van der Waals surface area (Å²) in [7, 11) is 0. The number of halogens is 1. The highest BCUT2D eigenvalue weighted by atomic mass is 19.1. The zero-order valence-electron chi connectivity index (χ0n) is 17.3. The first-order valence-corrected chi connectivity index (χ1v) is 10.1. The Kier molecular flexibility index (Phi) is 5.59. The van der Waals surface area contributed by atoms with Crippen LogP contribution < -0.4 is 10.6 Å². The Balaban J connectivity index is 1.71. The lowest BCUT2D eigenvalue weighted by molar-refractivity contribution is 0.0532. The molecule has 2 aromatic heterocycles. The number of morpholine rings is 1. The van der Waals surface area contributed by atoms with Gasteiger partial charge in [0.05, 0.1) is 31.1 Å². The summed E-state index contributed by atoms with van der Waals surface area (Å²) in [5, 5.41) is 4.24. The van der Waals surface area contributed by atoms with E-state index in [0.29, 0.717) is 31.8 Å². The average Bonchev–Trinajstić information content (AvgIpc) is 3.35. The highest BCUT2D eigenvalue weighted by Crippen LogP contribution is 2.27. The molecule has 1 aliphatic rings. The molecule has 0 saturated carbocycles. The fourth-order valence-electron chi connectivity index (χ4n) is 3.75. The van der Waals surface area contributed by atoms with Gasteiger partial charge >= 0.3 is 5.69 Å². The van der Waals surface area contributed by atoms with Gasteiger partial charge in [-0.3, -0.25) is 13.8 Å². The van der Waals surface area contributed by atoms with Crippen molar-refractivity contribution < 1.29 is 9.13 Å². The number of aryl methyl sites for hydroxylation is 1. The molecule has 0 N–H and O–H groups in total. The van der Waals surface area contributed by atoms with Crippen LogP contribution >= 0.6 is 0 Å². The Hall–Kier alpha value is -3.13. The second-order valence-electron chi connectivity index (χ2n) is 7.48. The first-order chi connectivity index (χ1) is 14.5. The standard InChI is InChI=1S/C22H26FN5O2/c1-4-18-10-19(25-8-9-30-16(3)13-25)11-20(21(18)23)28-7-6-26(22(28)29)14-17-12-24-27(5-2)15-17/h4,6-7,10-12,15-16H,1,5,8-9,13-14H2,2-3H3/t16-/m1/s1. The van der Waals surface area contributed by atoms with Crippen LogP contribution in [0.25, 0.3) is 11.8 Å². The fourth-order valence-corrected chi connectivity index (χ4v) is 3.75. The van der Waals surface area contributed by atoms with Gasteiger partial charge in [-0.25, -0.2) is 9.18 Å². The zero-order valence-corrected chi connectivity index (χ0v) is 17.3. The van der Waals surface area contributed by atoms with Crippen molar-refractivity contribution in [3.63, 3.8) is 0 Å². The molecule has 7 nitrogen and oxygen atoms in total. The van der Waals surface area contributed by atoms with Gasteiger partial charge in [0.1, 0.15) is 0 Å². The van der Waals surface area contributed by atoms with Crippen LogP contribution in [0.3, 0.4) is 0 Å². The Morgan fingerprint density at radius 1 is 1.37 bits per heavy atom. The molecule has 0 bridgehead atoms. The molecule has 158 valence electrons. The number of benzene rings is 1. The highest BCUT2D eigenvalue weighted by Gasteiger charge is 2.21. The second-order valence-corrected chi connectivity index (χ2v) is 7.48. The quantitative estimate of drug-likeness (QED) is 0.626. The molecule has 3 aromatic rings. The lowest BCUT2D eigenvalue weighted by Gasteiger charge is -2.33. The van der Waals surface area contributed by atoms with Gasteiger partial charge in [-0.2, -0.15) is 5.10 Å². The van der Waals surface area contributed by atoms with E-state index >= 15 is 4.39 Å². The van der Waals surface area contributed by atoms with Crippen molar-refractivity contribution in [2.45, 2.75) is 33.0 Å². The number of anilines is 1. The highest BCUT2D eigenvalue weighted by molar-refractivity contribution is 5.64. The van der Waals surface area contributed by atoms with Crippen LogP contribution in [0.1, 0.15) is 25.0 Å². The van der Waals surface area contributed by atoms with Gasteiger partial charge in [-0.15, -0.1) is 0 Å². The normalized spacial score (nSPS) is 16.8. The molecule has 0 unspecified atom stereocenters. The number of imidazole rings is 1. The minimum absolute atomic E-state index is 0.0901. The summed E-state index contributed by atoms with van der Waals surface area (Å²) in [6.45, 7) is 10.9. The lowest BCUT2D eigenvalue weighted by atomic mass is 10.1. The predicted molar refractivity (Wildman–Crippen MR) is 115 cm³/mol. The van der Waals surface area contributed by atoms with E-state index in [4.69, 9.17) is 4.74 Å². The van der Waals surface area contributed by atoms with Crippen molar-refractivity contribution in [2.75, 3.05) is 24.6 Å². The predicted octanol–water partition coefficient (Wildman–Crippen LogP) is 2.91. The number of rotatable bonds is 6. The molecular formula is C22H26FN5O2. The largest absolute Gasteiger partial charge is 0.375 e. The number of aromatic nitrogens is 4. The summed E-state index contributed by atoms with van der Waals surface area (Å²) in [4.78, 5) is 15.2. The van der Waals surface area contributed by atoms with E-state index in [-0.39, 0.29) is 17.5 Å². The van der Waals surface area contributed by atoms with Crippen molar-refractivity contribution in [2.24, 2.45) is 0 Å². The molecule has 0 radical (unpaired) electrons. The van der Waals surface area contributed by atoms with Gasteiger partial charge < -0.3 is 9.64 Å². The Labute approximate surface area is 174 Å². The molecular weight excluding hydrogens is 385 g/mol. The van der Waals surface area contributed by atoms with E-state index < -0.39 is 5.82 Å². The van der Waals surface area contributed by atoms with Gasteiger partial charge in [0, 0.05) is 55.0 Å². The summed E-state index contributed by atoms with van der Waals surface area (Å²) >= 11 is 0. The first-order valence-electron chi connectivity index (χ1n) is 10.1. The van der Waals surface area contributed by atoms with Gasteiger partial charge in [-0.1, -0.05) is 12.7 Å². The van der Waals surface area contributed by atoms with Crippen LogP contribution in [-0.2, 0) is 17.8 Å². The SMILES string of the molecule is C=Cc1cc(N2CCO[C@H](C)C2)cc(-n2ccn(Cc3cnn(CC)c3)c2=O)c1F. The minimum atomic E-state index is -0.464. The second kappa shape index (κ2) is 8.31. The van der Waals surface area contributed by atoms with Crippen molar-refractivity contribution in [3.8, 4) is 5.69 Å². The van der Waals surface area contributed by atoms with Crippen LogP contribution in [0.4, 0.5) is 10.1 Å². The fraction of sp³-hybridized carbons (Fsp3) is 0.364. The van der Waals surface area contributed by atoms with E-state index in [1.165, 1.54) is 10.6 Å². The third kappa shape index (κ3) is 3.82. The molecule has 0 spiro atoms. The monoisotopic (exact) mass is 411 g/mol. The van der Waals surface area contributed by atoms with Gasteiger partial charge in [0.15, 0.2) is 5.82 Å². The van der Waals surface area contributed by atoms with Crippen molar-refractivity contribution in [1.29, 1.82) is 0 Å². The summed E-state index contributed by atoms with van der Waals surface area (Å²) in [6, 6.07) is 3.49. The van der Waals surface area contributed by atoms with Crippen LogP contribution in [0.15, 0.2) is 48.3 Å². The van der Waals surface area contributed by atoms with E-state index in [9.17, 15) is 4.79 Å². The Morgan fingerprint density at radius 3 is 2.90 bits per heavy atom. The van der Waals surface area contributed by atoms with Crippen LogP contribution in [0.2, 0.25) is 0 Å². The summed E-state index contributed by atoms with van der Waals surface area (Å²) in [5.41, 5.74) is 2.04. The van der Waals surface area contributed by atoms with Crippen LogP contribution in [0.5, 0.6) is 0 Å². The molecule has 3 heterocycles. The number of hydrogen-bond acceptors (Lipinski definition) is 4. The molecule has 1 saturated heterocycles. The van der Waals surface area contributed by atoms with Crippen LogP contribution in [0, 0.1) is 5.82 Å². The van der Waals surface area contributed by atoms with E-state index in [0.717, 1.165) is 17.8 Å². The zero-order chi connectivity index (χ0) is 21.3.